The molecule has 2 amide bonds. The molecule has 12 nitrogen and oxygen atoms in total. The van der Waals surface area contributed by atoms with Gasteiger partial charge in [0.05, 0.1) is 13.2 Å². The molecule has 0 saturated heterocycles. The number of unbranched alkanes of at least 4 members (excludes halogenated alkanes) is 1. The SMILES string of the molecule is COCN(C(=O)OC(C)(C)C)[C@@](C)(Cc1ccccc1)C(=O)OCCCCOC(=O)[C@](C)(Cc1ccccc1)N(COC)C(=O)OC(C)(C)C. The fourth-order valence-electron chi connectivity index (χ4n) is 5.07. The lowest BCUT2D eigenvalue weighted by atomic mass is 9.91. The molecule has 0 fully saturated rings. The van der Waals surface area contributed by atoms with E-state index >= 15 is 0 Å². The summed E-state index contributed by atoms with van der Waals surface area (Å²) >= 11 is 0. The van der Waals surface area contributed by atoms with E-state index in [9.17, 15) is 19.2 Å². The Bertz CT molecular complexity index is 1270. The smallest absolute Gasteiger partial charge is 0.413 e. The lowest BCUT2D eigenvalue weighted by Crippen LogP contribution is -2.58. The van der Waals surface area contributed by atoms with Gasteiger partial charge in [0.1, 0.15) is 35.7 Å². The van der Waals surface area contributed by atoms with E-state index < -0.39 is 46.4 Å². The van der Waals surface area contributed by atoms with Crippen LogP contribution >= 0.6 is 0 Å². The van der Waals surface area contributed by atoms with Gasteiger partial charge in [-0.05, 0) is 79.4 Å². The van der Waals surface area contributed by atoms with Crippen LogP contribution in [0.1, 0.15) is 79.4 Å². The van der Waals surface area contributed by atoms with Gasteiger partial charge in [0.15, 0.2) is 0 Å². The second kappa shape index (κ2) is 18.7. The number of benzene rings is 2. The zero-order valence-corrected chi connectivity index (χ0v) is 31.4. The molecule has 50 heavy (non-hydrogen) atoms. The largest absolute Gasteiger partial charge is 0.464 e. The van der Waals surface area contributed by atoms with Crippen molar-refractivity contribution in [2.75, 3.05) is 40.9 Å². The molecule has 0 aliphatic heterocycles. The maximum absolute atomic E-state index is 13.7. The molecule has 0 heterocycles. The van der Waals surface area contributed by atoms with E-state index in [0.717, 1.165) is 11.1 Å². The van der Waals surface area contributed by atoms with Gasteiger partial charge >= 0.3 is 24.1 Å². The number of ether oxygens (including phenoxy) is 6. The summed E-state index contributed by atoms with van der Waals surface area (Å²) in [5, 5.41) is 0. The molecule has 0 aliphatic carbocycles. The maximum Gasteiger partial charge on any atom is 0.413 e. The lowest BCUT2D eigenvalue weighted by molar-refractivity contribution is -0.162. The summed E-state index contributed by atoms with van der Waals surface area (Å²) in [6.45, 7) is 13.3. The van der Waals surface area contributed by atoms with Gasteiger partial charge in [0.25, 0.3) is 0 Å². The van der Waals surface area contributed by atoms with Crippen molar-refractivity contribution in [1.29, 1.82) is 0 Å². The molecule has 12 heteroatoms. The minimum absolute atomic E-state index is 0.00486. The standard InChI is InChI=1S/C38H56N2O10/c1-35(2,3)49-33(43)39(27-45-9)37(7,25-29-19-13-11-14-20-29)31(41)47-23-17-18-24-48-32(42)38(8,26-30-21-15-12-16-22-30)40(28-46-10)34(44)50-36(4,5)6/h11-16,19-22H,17-18,23-28H2,1-10H3/t37-,38-/m0/s1. The molecular formula is C38H56N2O10. The number of rotatable bonds is 17. The second-order valence-electron chi connectivity index (χ2n) is 14.5. The van der Waals surface area contributed by atoms with E-state index in [1.54, 1.807) is 55.4 Å². The van der Waals surface area contributed by atoms with Crippen LogP contribution in [0.15, 0.2) is 60.7 Å². The van der Waals surface area contributed by atoms with Crippen molar-refractivity contribution in [2.24, 2.45) is 0 Å². The van der Waals surface area contributed by atoms with Crippen LogP contribution in [0.2, 0.25) is 0 Å². The number of nitrogens with zero attached hydrogens (tertiary/aromatic N) is 2. The first-order chi connectivity index (χ1) is 23.4. The molecule has 0 unspecified atom stereocenters. The van der Waals surface area contributed by atoms with Crippen LogP contribution in [0.3, 0.4) is 0 Å². The van der Waals surface area contributed by atoms with E-state index in [4.69, 9.17) is 28.4 Å². The predicted octanol–water partition coefficient (Wildman–Crippen LogP) is 6.54. The van der Waals surface area contributed by atoms with Gasteiger partial charge < -0.3 is 28.4 Å². The Balaban J connectivity index is 2.15. The highest BCUT2D eigenvalue weighted by molar-refractivity contribution is 5.86. The first-order valence-corrected chi connectivity index (χ1v) is 16.8. The van der Waals surface area contributed by atoms with Crippen molar-refractivity contribution >= 4 is 24.1 Å². The average Bonchev–Trinajstić information content (AvgIpc) is 3.02. The number of hydrogen-bond acceptors (Lipinski definition) is 10. The second-order valence-corrected chi connectivity index (χ2v) is 14.5. The van der Waals surface area contributed by atoms with Crippen LogP contribution in [0.25, 0.3) is 0 Å². The van der Waals surface area contributed by atoms with Crippen LogP contribution in [-0.4, -0.2) is 97.1 Å². The number of carbonyl (C=O) groups is 4. The molecule has 0 aromatic heterocycles. The van der Waals surface area contributed by atoms with E-state index in [2.05, 4.69) is 0 Å². The minimum Gasteiger partial charge on any atom is -0.464 e. The highest BCUT2D eigenvalue weighted by Gasteiger charge is 2.47. The Labute approximate surface area is 297 Å². The molecule has 2 aromatic rings. The van der Waals surface area contributed by atoms with Gasteiger partial charge in [0.2, 0.25) is 0 Å². The van der Waals surface area contributed by atoms with Crippen LogP contribution in [-0.2, 0) is 50.9 Å². The molecule has 0 N–H and O–H groups in total. The van der Waals surface area contributed by atoms with Crippen molar-refractivity contribution in [3.05, 3.63) is 71.8 Å². The molecule has 0 bridgehead atoms. The summed E-state index contributed by atoms with van der Waals surface area (Å²) < 4.78 is 33.3. The Morgan fingerprint density at radius 2 is 0.860 bits per heavy atom. The molecular weight excluding hydrogens is 644 g/mol. The first-order valence-electron chi connectivity index (χ1n) is 16.8. The van der Waals surface area contributed by atoms with Crippen molar-refractivity contribution in [1.82, 2.24) is 9.80 Å². The Morgan fingerprint density at radius 3 is 1.14 bits per heavy atom. The Hall–Kier alpha value is -4.16. The van der Waals surface area contributed by atoms with Gasteiger partial charge in [-0.1, -0.05) is 60.7 Å². The van der Waals surface area contributed by atoms with Crippen LogP contribution in [0.4, 0.5) is 9.59 Å². The zero-order valence-electron chi connectivity index (χ0n) is 31.4. The molecule has 0 aliphatic rings. The highest BCUT2D eigenvalue weighted by atomic mass is 16.6. The topological polar surface area (TPSA) is 130 Å². The van der Waals surface area contributed by atoms with Crippen LogP contribution < -0.4 is 0 Å². The maximum atomic E-state index is 13.7. The average molecular weight is 701 g/mol. The minimum atomic E-state index is -1.46. The molecule has 0 spiro atoms. The van der Waals surface area contributed by atoms with E-state index in [-0.39, 0.29) is 39.5 Å². The van der Waals surface area contributed by atoms with Gasteiger partial charge in [0, 0.05) is 27.1 Å². The third-order valence-electron chi connectivity index (χ3n) is 7.60. The number of amides is 2. The zero-order chi connectivity index (χ0) is 37.6. The Kier molecular flexibility index (Phi) is 15.7. The van der Waals surface area contributed by atoms with Gasteiger partial charge in [-0.25, -0.2) is 19.2 Å². The molecule has 2 atom stereocenters. The van der Waals surface area contributed by atoms with Crippen molar-refractivity contribution in [2.45, 2.75) is 103 Å². The van der Waals surface area contributed by atoms with E-state index in [1.165, 1.54) is 24.0 Å². The lowest BCUT2D eigenvalue weighted by Gasteiger charge is -2.39. The Morgan fingerprint density at radius 1 is 0.540 bits per heavy atom. The quantitative estimate of drug-likeness (QED) is 0.0777. The number of carbonyl (C=O) groups excluding carboxylic acids is 4. The summed E-state index contributed by atoms with van der Waals surface area (Å²) in [6, 6.07) is 18.6. The van der Waals surface area contributed by atoms with Gasteiger partial charge in [-0.3, -0.25) is 9.80 Å². The van der Waals surface area contributed by atoms with Crippen LogP contribution in [0.5, 0.6) is 0 Å². The van der Waals surface area contributed by atoms with Crippen molar-refractivity contribution in [3.63, 3.8) is 0 Å². The fraction of sp³-hybridized carbons (Fsp3) is 0.579. The predicted molar refractivity (Wildman–Crippen MR) is 188 cm³/mol. The third kappa shape index (κ3) is 12.9. The molecule has 0 radical (unpaired) electrons. The number of hydrogen-bond donors (Lipinski definition) is 0. The normalized spacial score (nSPS) is 14.0. The number of methoxy groups -OCH3 is 2. The summed E-state index contributed by atoms with van der Waals surface area (Å²) in [5.74, 6) is -1.27. The monoisotopic (exact) mass is 700 g/mol. The van der Waals surface area contributed by atoms with Crippen molar-refractivity contribution in [3.8, 4) is 0 Å². The highest BCUT2D eigenvalue weighted by Crippen LogP contribution is 2.28. The van der Waals surface area contributed by atoms with Gasteiger partial charge in [-0.2, -0.15) is 0 Å². The fourth-order valence-corrected chi connectivity index (χ4v) is 5.07. The van der Waals surface area contributed by atoms with Crippen molar-refractivity contribution < 1.29 is 47.6 Å². The molecule has 2 rings (SSSR count). The summed E-state index contributed by atoms with van der Waals surface area (Å²) in [4.78, 5) is 56.5. The first kappa shape index (κ1) is 42.0. The van der Waals surface area contributed by atoms with Gasteiger partial charge in [-0.15, -0.1) is 0 Å². The molecule has 278 valence electrons. The van der Waals surface area contributed by atoms with E-state index in [0.29, 0.717) is 12.8 Å². The number of esters is 2. The summed E-state index contributed by atoms with van der Waals surface area (Å²) in [6.07, 6.45) is -0.394. The molecule has 0 saturated carbocycles. The third-order valence-corrected chi connectivity index (χ3v) is 7.60. The molecule has 2 aromatic carbocycles. The summed E-state index contributed by atoms with van der Waals surface area (Å²) in [5.41, 5.74) is -2.90. The van der Waals surface area contributed by atoms with Crippen LogP contribution in [0, 0.1) is 0 Å². The summed E-state index contributed by atoms with van der Waals surface area (Å²) in [7, 11) is 2.86. The van der Waals surface area contributed by atoms with E-state index in [1.807, 2.05) is 60.7 Å².